The van der Waals surface area contributed by atoms with Crippen LogP contribution in [0, 0.1) is 5.82 Å². The summed E-state index contributed by atoms with van der Waals surface area (Å²) >= 11 is 0.327. The number of alkyl halides is 4. The molecule has 15 heteroatoms. The van der Waals surface area contributed by atoms with Crippen molar-refractivity contribution in [2.24, 2.45) is 5.14 Å². The molecule has 0 spiro atoms. The topological polar surface area (TPSA) is 113 Å². The van der Waals surface area contributed by atoms with E-state index >= 15 is 0 Å². The number of hydrogen-bond acceptors (Lipinski definition) is 7. The van der Waals surface area contributed by atoms with E-state index in [2.05, 4.69) is 15.3 Å². The van der Waals surface area contributed by atoms with Crippen LogP contribution in [-0.4, -0.2) is 48.0 Å². The number of nitrogens with zero attached hydrogens (tertiary/aromatic N) is 4. The summed E-state index contributed by atoms with van der Waals surface area (Å²) in [4.78, 5) is -0.814. The van der Waals surface area contributed by atoms with Crippen molar-refractivity contribution >= 4 is 32.3 Å². The highest BCUT2D eigenvalue weighted by atomic mass is 32.2. The molecular formula is C14H10F5N5O3S2. The number of primary sulfonamides is 1. The lowest BCUT2D eigenvalue weighted by atomic mass is 9.97. The van der Waals surface area contributed by atoms with E-state index in [9.17, 15) is 30.4 Å². The predicted molar refractivity (Wildman–Crippen MR) is 89.7 cm³/mol. The SMILES string of the molecule is NS(=O)(=O)c1cc(F)c2cnn(C3(C(F)F)COC3)c2c1-c1nnc(C(F)F)s1. The summed E-state index contributed by atoms with van der Waals surface area (Å²) < 4.78 is 97.9. The minimum Gasteiger partial charge on any atom is -0.376 e. The van der Waals surface area contributed by atoms with E-state index in [1.54, 1.807) is 0 Å². The van der Waals surface area contributed by atoms with Crippen LogP contribution < -0.4 is 5.14 Å². The predicted octanol–water partition coefficient (Wildman–Crippen LogP) is 2.27. The number of rotatable bonds is 5. The maximum Gasteiger partial charge on any atom is 0.291 e. The van der Waals surface area contributed by atoms with Crippen LogP contribution in [0.4, 0.5) is 22.0 Å². The first-order chi connectivity index (χ1) is 13.6. The fourth-order valence-electron chi connectivity index (χ4n) is 2.99. The smallest absolute Gasteiger partial charge is 0.291 e. The van der Waals surface area contributed by atoms with Gasteiger partial charge in [-0.1, -0.05) is 11.3 Å². The summed E-state index contributed by atoms with van der Waals surface area (Å²) in [5.41, 5.74) is -2.80. The third-order valence-corrected chi connectivity index (χ3v) is 6.33. The maximum absolute atomic E-state index is 14.6. The third kappa shape index (κ3) is 2.99. The second-order valence-electron chi connectivity index (χ2n) is 6.24. The molecule has 8 nitrogen and oxygen atoms in total. The molecule has 2 aromatic heterocycles. The van der Waals surface area contributed by atoms with Crippen molar-refractivity contribution in [2.75, 3.05) is 13.2 Å². The molecule has 4 rings (SSSR count). The Hall–Kier alpha value is -2.23. The van der Waals surface area contributed by atoms with Crippen molar-refractivity contribution in [3.8, 4) is 10.6 Å². The van der Waals surface area contributed by atoms with Crippen LogP contribution >= 0.6 is 11.3 Å². The molecule has 0 bridgehead atoms. The molecule has 156 valence electrons. The molecule has 0 atom stereocenters. The molecule has 1 aliphatic rings. The fourth-order valence-corrected chi connectivity index (χ4v) is 4.56. The second-order valence-corrected chi connectivity index (χ2v) is 8.78. The Morgan fingerprint density at radius 2 is 1.93 bits per heavy atom. The van der Waals surface area contributed by atoms with Gasteiger partial charge < -0.3 is 4.74 Å². The average molecular weight is 455 g/mol. The summed E-state index contributed by atoms with van der Waals surface area (Å²) in [6.45, 7) is -0.943. The summed E-state index contributed by atoms with van der Waals surface area (Å²) in [5.74, 6) is -1.10. The van der Waals surface area contributed by atoms with Crippen LogP contribution in [0.2, 0.25) is 0 Å². The molecule has 0 radical (unpaired) electrons. The first-order valence-corrected chi connectivity index (χ1v) is 10.1. The first kappa shape index (κ1) is 20.1. The van der Waals surface area contributed by atoms with Gasteiger partial charge in [0.2, 0.25) is 10.0 Å². The number of ether oxygens (including phenoxy) is 1. The summed E-state index contributed by atoms with van der Waals surface area (Å²) in [7, 11) is -4.60. The Morgan fingerprint density at radius 3 is 2.41 bits per heavy atom. The number of fused-ring (bicyclic) bond motifs is 1. The van der Waals surface area contributed by atoms with Crippen LogP contribution in [0.15, 0.2) is 17.2 Å². The molecule has 0 amide bonds. The first-order valence-electron chi connectivity index (χ1n) is 7.77. The summed E-state index contributed by atoms with van der Waals surface area (Å²) in [5, 5.41) is 14.4. The molecule has 1 aliphatic heterocycles. The zero-order chi connectivity index (χ0) is 21.1. The molecule has 3 aromatic rings. The molecule has 3 heterocycles. The Balaban J connectivity index is 2.13. The van der Waals surface area contributed by atoms with Crippen LogP contribution in [0.25, 0.3) is 21.5 Å². The zero-order valence-electron chi connectivity index (χ0n) is 14.0. The van der Waals surface area contributed by atoms with E-state index in [1.165, 1.54) is 0 Å². The average Bonchev–Trinajstić information content (AvgIpc) is 3.21. The second kappa shape index (κ2) is 6.65. The quantitative estimate of drug-likeness (QED) is 0.591. The molecule has 1 saturated heterocycles. The zero-order valence-corrected chi connectivity index (χ0v) is 15.7. The van der Waals surface area contributed by atoms with Gasteiger partial charge in [-0.2, -0.15) is 5.10 Å². The van der Waals surface area contributed by atoms with Gasteiger partial charge in [0.1, 0.15) is 5.82 Å². The monoisotopic (exact) mass is 455 g/mol. The van der Waals surface area contributed by atoms with Gasteiger partial charge in [0.05, 0.1) is 40.8 Å². The van der Waals surface area contributed by atoms with E-state index in [1.807, 2.05) is 0 Å². The van der Waals surface area contributed by atoms with E-state index < -0.39 is 62.9 Å². The van der Waals surface area contributed by atoms with Crippen LogP contribution in [0.1, 0.15) is 11.4 Å². The van der Waals surface area contributed by atoms with Gasteiger partial charge in [-0.05, 0) is 6.07 Å². The van der Waals surface area contributed by atoms with Crippen LogP contribution in [0.3, 0.4) is 0 Å². The van der Waals surface area contributed by atoms with Gasteiger partial charge in [0, 0.05) is 0 Å². The Labute approximate surface area is 163 Å². The van der Waals surface area contributed by atoms with E-state index in [-0.39, 0.29) is 15.9 Å². The number of benzene rings is 1. The van der Waals surface area contributed by atoms with E-state index in [4.69, 9.17) is 9.88 Å². The molecule has 29 heavy (non-hydrogen) atoms. The van der Waals surface area contributed by atoms with Gasteiger partial charge in [0.25, 0.3) is 12.9 Å². The molecular weight excluding hydrogens is 445 g/mol. The highest BCUT2D eigenvalue weighted by molar-refractivity contribution is 7.89. The lowest BCUT2D eigenvalue weighted by Gasteiger charge is -2.41. The van der Waals surface area contributed by atoms with Crippen molar-refractivity contribution in [1.82, 2.24) is 20.0 Å². The van der Waals surface area contributed by atoms with Crippen LogP contribution in [0.5, 0.6) is 0 Å². The van der Waals surface area contributed by atoms with Gasteiger partial charge in [0.15, 0.2) is 15.6 Å². The lowest BCUT2D eigenvalue weighted by Crippen LogP contribution is -2.57. The third-order valence-electron chi connectivity index (χ3n) is 4.45. The van der Waals surface area contributed by atoms with Gasteiger partial charge in [-0.25, -0.2) is 40.2 Å². The lowest BCUT2D eigenvalue weighted by molar-refractivity contribution is -0.175. The van der Waals surface area contributed by atoms with E-state index in [0.717, 1.165) is 10.9 Å². The number of nitrogens with two attached hydrogens (primary N) is 1. The minimum absolute atomic E-state index is 0.312. The van der Waals surface area contributed by atoms with Crippen molar-refractivity contribution in [3.63, 3.8) is 0 Å². The molecule has 1 fully saturated rings. The maximum atomic E-state index is 14.6. The highest BCUT2D eigenvalue weighted by Gasteiger charge is 2.51. The van der Waals surface area contributed by atoms with Crippen molar-refractivity contribution in [1.29, 1.82) is 0 Å². The van der Waals surface area contributed by atoms with Crippen molar-refractivity contribution < 1.29 is 35.1 Å². The standard InChI is InChI=1S/C14H10F5N5O3S2/c15-6-1-7(29(20,25)26)8(11-22-23-12(28-11)10(16)17)9-5(6)2-21-24(9)14(13(18)19)3-27-4-14/h1-2,10,13H,3-4H2,(H2,20,25,26). The van der Waals surface area contributed by atoms with Crippen LogP contribution in [-0.2, 0) is 20.3 Å². The summed E-state index contributed by atoms with van der Waals surface area (Å²) in [6.07, 6.45) is -5.08. The fraction of sp³-hybridized carbons (Fsp3) is 0.357. The molecule has 0 unspecified atom stereocenters. The normalized spacial score (nSPS) is 16.7. The Bertz CT molecular complexity index is 1210. The van der Waals surface area contributed by atoms with Gasteiger partial charge >= 0.3 is 0 Å². The largest absolute Gasteiger partial charge is 0.376 e. The Morgan fingerprint density at radius 1 is 1.24 bits per heavy atom. The van der Waals surface area contributed by atoms with Gasteiger partial charge in [-0.15, -0.1) is 10.2 Å². The number of sulfonamides is 1. The Kier molecular flexibility index (Phi) is 4.60. The van der Waals surface area contributed by atoms with Crippen molar-refractivity contribution in [2.45, 2.75) is 23.3 Å². The number of aromatic nitrogens is 4. The number of halogens is 5. The minimum atomic E-state index is -4.60. The van der Waals surface area contributed by atoms with Gasteiger partial charge in [-0.3, -0.25) is 0 Å². The summed E-state index contributed by atoms with van der Waals surface area (Å²) in [6, 6.07) is 0.564. The molecule has 0 aliphatic carbocycles. The molecule has 2 N–H and O–H groups in total. The highest BCUT2D eigenvalue weighted by Crippen LogP contribution is 2.43. The van der Waals surface area contributed by atoms with Crippen molar-refractivity contribution in [3.05, 3.63) is 23.1 Å². The number of hydrogen-bond donors (Lipinski definition) is 1. The molecule has 0 saturated carbocycles. The molecule has 1 aromatic carbocycles. The van der Waals surface area contributed by atoms with E-state index in [0.29, 0.717) is 17.4 Å².